The minimum atomic E-state index is -4.42. The van der Waals surface area contributed by atoms with Gasteiger partial charge in [-0.1, -0.05) is 6.92 Å². The molecular weight excluding hydrogens is 259 g/mol. The zero-order valence-electron chi connectivity index (χ0n) is 10.3. The van der Waals surface area contributed by atoms with E-state index in [1.807, 2.05) is 6.92 Å². The Bertz CT molecular complexity index is 458. The van der Waals surface area contributed by atoms with Crippen molar-refractivity contribution in [1.82, 2.24) is 10.3 Å². The zero-order chi connectivity index (χ0) is 14.0. The molecule has 2 heterocycles. The highest BCUT2D eigenvalue weighted by atomic mass is 19.4. The van der Waals surface area contributed by atoms with E-state index in [2.05, 4.69) is 15.6 Å². The second-order valence-electron chi connectivity index (χ2n) is 4.72. The van der Waals surface area contributed by atoms with Gasteiger partial charge in [0.25, 0.3) is 0 Å². The van der Waals surface area contributed by atoms with Crippen LogP contribution in [0.2, 0.25) is 0 Å². The Kier molecular flexibility index (Phi) is 3.75. The van der Waals surface area contributed by atoms with E-state index in [9.17, 15) is 18.0 Å². The van der Waals surface area contributed by atoms with Crippen LogP contribution in [0.15, 0.2) is 18.3 Å². The lowest BCUT2D eigenvalue weighted by molar-refractivity contribution is -0.137. The van der Waals surface area contributed by atoms with Crippen LogP contribution in [-0.2, 0) is 11.0 Å². The predicted molar refractivity (Wildman–Crippen MR) is 63.4 cm³/mol. The van der Waals surface area contributed by atoms with Gasteiger partial charge in [-0.3, -0.25) is 4.79 Å². The molecule has 1 aliphatic rings. The van der Waals surface area contributed by atoms with Crippen LogP contribution in [0, 0.1) is 5.92 Å². The summed E-state index contributed by atoms with van der Waals surface area (Å²) in [7, 11) is 0. The molecule has 0 aromatic carbocycles. The van der Waals surface area contributed by atoms with E-state index in [-0.39, 0.29) is 17.8 Å². The molecule has 1 aliphatic heterocycles. The number of carbonyl (C=O) groups is 1. The number of hydrogen-bond acceptors (Lipinski definition) is 3. The first-order valence-corrected chi connectivity index (χ1v) is 5.94. The first-order chi connectivity index (χ1) is 8.86. The smallest absolute Gasteiger partial charge is 0.309 e. The monoisotopic (exact) mass is 273 g/mol. The third-order valence-corrected chi connectivity index (χ3v) is 3.01. The summed E-state index contributed by atoms with van der Waals surface area (Å²) in [5.74, 6) is 0.271. The maximum Gasteiger partial charge on any atom is 0.417 e. The molecule has 1 amide bonds. The molecule has 2 rings (SSSR count). The number of carbonyl (C=O) groups excluding carboxylic acids is 1. The van der Waals surface area contributed by atoms with Crippen LogP contribution >= 0.6 is 0 Å². The molecule has 104 valence electrons. The summed E-state index contributed by atoms with van der Waals surface area (Å²) in [6, 6.07) is 1.74. The largest absolute Gasteiger partial charge is 0.417 e. The van der Waals surface area contributed by atoms with Gasteiger partial charge in [-0.25, -0.2) is 4.98 Å². The molecule has 19 heavy (non-hydrogen) atoms. The molecule has 0 spiro atoms. The Labute approximate surface area is 108 Å². The van der Waals surface area contributed by atoms with Gasteiger partial charge in [0.15, 0.2) is 0 Å². The Hall–Kier alpha value is -1.63. The maximum atomic E-state index is 12.3. The number of rotatable bonds is 2. The quantitative estimate of drug-likeness (QED) is 0.867. The van der Waals surface area contributed by atoms with Gasteiger partial charge in [-0.15, -0.1) is 0 Å². The molecule has 0 aliphatic carbocycles. The first kappa shape index (κ1) is 13.8. The summed E-state index contributed by atoms with van der Waals surface area (Å²) in [5.41, 5.74) is -0.835. The van der Waals surface area contributed by atoms with Crippen molar-refractivity contribution in [3.63, 3.8) is 0 Å². The zero-order valence-corrected chi connectivity index (χ0v) is 10.3. The average molecular weight is 273 g/mol. The van der Waals surface area contributed by atoms with E-state index in [1.54, 1.807) is 0 Å². The van der Waals surface area contributed by atoms with Gasteiger partial charge in [-0.05, 0) is 31.0 Å². The minimum absolute atomic E-state index is 0.124. The molecule has 2 N–H and O–H groups in total. The highest BCUT2D eigenvalue weighted by molar-refractivity contribution is 5.94. The topological polar surface area (TPSA) is 54.0 Å². The fraction of sp³-hybridized carbons (Fsp3) is 0.500. The number of nitrogens with zero attached hydrogens (tertiary/aromatic N) is 1. The van der Waals surface area contributed by atoms with Crippen molar-refractivity contribution < 1.29 is 18.0 Å². The summed E-state index contributed by atoms with van der Waals surface area (Å²) in [6.07, 6.45) is -3.00. The fourth-order valence-corrected chi connectivity index (χ4v) is 1.96. The summed E-state index contributed by atoms with van der Waals surface area (Å²) in [5, 5.41) is 5.55. The molecule has 7 heteroatoms. The van der Waals surface area contributed by atoms with Crippen molar-refractivity contribution in [1.29, 1.82) is 0 Å². The van der Waals surface area contributed by atoms with Crippen molar-refractivity contribution in [2.45, 2.75) is 25.6 Å². The summed E-state index contributed by atoms with van der Waals surface area (Å²) < 4.78 is 37.0. The molecule has 0 unspecified atom stereocenters. The molecule has 4 nitrogen and oxygen atoms in total. The summed E-state index contributed by atoms with van der Waals surface area (Å²) >= 11 is 0. The highest BCUT2D eigenvalue weighted by Gasteiger charge is 2.31. The number of amides is 1. The SMILES string of the molecule is C[C@H]1CN[C@H](C(=O)Nc2ccc(C(F)(F)F)cn2)C1. The minimum Gasteiger partial charge on any atom is -0.309 e. The molecule has 0 saturated carbocycles. The van der Waals surface area contributed by atoms with E-state index in [4.69, 9.17) is 0 Å². The van der Waals surface area contributed by atoms with Crippen LogP contribution in [0.25, 0.3) is 0 Å². The summed E-state index contributed by atoms with van der Waals surface area (Å²) in [6.45, 7) is 2.79. The van der Waals surface area contributed by atoms with E-state index in [0.29, 0.717) is 18.5 Å². The van der Waals surface area contributed by atoms with Crippen molar-refractivity contribution in [3.8, 4) is 0 Å². The second kappa shape index (κ2) is 5.16. The van der Waals surface area contributed by atoms with Gasteiger partial charge in [0.1, 0.15) is 5.82 Å². The van der Waals surface area contributed by atoms with Crippen molar-refractivity contribution in [2.24, 2.45) is 5.92 Å². The third-order valence-electron chi connectivity index (χ3n) is 3.01. The molecule has 1 aromatic heterocycles. The molecule has 1 aromatic rings. The van der Waals surface area contributed by atoms with E-state index >= 15 is 0 Å². The number of pyridine rings is 1. The fourth-order valence-electron chi connectivity index (χ4n) is 1.96. The van der Waals surface area contributed by atoms with Crippen molar-refractivity contribution in [3.05, 3.63) is 23.9 Å². The van der Waals surface area contributed by atoms with Crippen LogP contribution in [0.3, 0.4) is 0 Å². The van der Waals surface area contributed by atoms with Crippen LogP contribution in [0.1, 0.15) is 18.9 Å². The normalized spacial score (nSPS) is 23.4. The van der Waals surface area contributed by atoms with Crippen LogP contribution < -0.4 is 10.6 Å². The lowest BCUT2D eigenvalue weighted by atomic mass is 10.1. The van der Waals surface area contributed by atoms with Crippen LogP contribution in [0.4, 0.5) is 19.0 Å². The second-order valence-corrected chi connectivity index (χ2v) is 4.72. The van der Waals surface area contributed by atoms with Crippen LogP contribution in [0.5, 0.6) is 0 Å². The highest BCUT2D eigenvalue weighted by Crippen LogP contribution is 2.28. The Morgan fingerprint density at radius 3 is 2.68 bits per heavy atom. The van der Waals surface area contributed by atoms with Gasteiger partial charge >= 0.3 is 6.18 Å². The van der Waals surface area contributed by atoms with Gasteiger partial charge < -0.3 is 10.6 Å². The lowest BCUT2D eigenvalue weighted by Gasteiger charge is -2.11. The van der Waals surface area contributed by atoms with Crippen molar-refractivity contribution in [2.75, 3.05) is 11.9 Å². The molecule has 1 saturated heterocycles. The van der Waals surface area contributed by atoms with E-state index in [1.165, 1.54) is 0 Å². The van der Waals surface area contributed by atoms with Gasteiger partial charge in [0.2, 0.25) is 5.91 Å². The molecule has 1 fully saturated rings. The lowest BCUT2D eigenvalue weighted by Crippen LogP contribution is -2.35. The molecule has 0 bridgehead atoms. The average Bonchev–Trinajstić information content (AvgIpc) is 2.75. The van der Waals surface area contributed by atoms with Gasteiger partial charge in [0, 0.05) is 6.20 Å². The number of alkyl halides is 3. The van der Waals surface area contributed by atoms with E-state index < -0.39 is 11.7 Å². The number of aromatic nitrogens is 1. The number of hydrogen-bond donors (Lipinski definition) is 2. The van der Waals surface area contributed by atoms with Gasteiger partial charge in [0.05, 0.1) is 11.6 Å². The van der Waals surface area contributed by atoms with Gasteiger partial charge in [-0.2, -0.15) is 13.2 Å². The molecule has 0 radical (unpaired) electrons. The van der Waals surface area contributed by atoms with Crippen LogP contribution in [-0.4, -0.2) is 23.5 Å². The molecule has 2 atom stereocenters. The maximum absolute atomic E-state index is 12.3. The number of halogens is 3. The number of anilines is 1. The first-order valence-electron chi connectivity index (χ1n) is 5.94. The Morgan fingerprint density at radius 1 is 1.47 bits per heavy atom. The van der Waals surface area contributed by atoms with Crippen molar-refractivity contribution >= 4 is 11.7 Å². The predicted octanol–water partition coefficient (Wildman–Crippen LogP) is 2.04. The Balaban J connectivity index is 1.98. The summed E-state index contributed by atoms with van der Waals surface area (Å²) in [4.78, 5) is 15.4. The standard InChI is InChI=1S/C12H14F3N3O/c1-7-4-9(16-5-7)11(19)18-10-3-2-8(6-17-10)12(13,14)15/h2-3,6-7,9,16H,4-5H2,1H3,(H,17,18,19)/t7-,9+/m1/s1. The third kappa shape index (κ3) is 3.44. The molecular formula is C12H14F3N3O. The number of nitrogens with one attached hydrogen (secondary N) is 2. The van der Waals surface area contributed by atoms with E-state index in [0.717, 1.165) is 18.7 Å². The Morgan fingerprint density at radius 2 is 2.21 bits per heavy atom.